The minimum absolute atomic E-state index is 0.212. The maximum Gasteiger partial charge on any atom is 0.339 e. The lowest BCUT2D eigenvalue weighted by atomic mass is 10.1. The van der Waals surface area contributed by atoms with E-state index >= 15 is 0 Å². The van der Waals surface area contributed by atoms with Crippen molar-refractivity contribution in [3.63, 3.8) is 0 Å². The third kappa shape index (κ3) is 2.21. The molecule has 0 saturated heterocycles. The summed E-state index contributed by atoms with van der Waals surface area (Å²) in [5, 5.41) is 17.8. The molecule has 0 radical (unpaired) electrons. The number of hydrogen-bond donors (Lipinski definition) is 2. The maximum atomic E-state index is 11.4. The van der Waals surface area contributed by atoms with Crippen molar-refractivity contribution in [2.45, 2.75) is 26.2 Å². The monoisotopic (exact) mass is 274 g/mol. The molecule has 0 bridgehead atoms. The molecule has 3 rings (SSSR count). The van der Waals surface area contributed by atoms with Gasteiger partial charge in [0, 0.05) is 19.8 Å². The number of nitrogens with one attached hydrogen (secondary N) is 1. The van der Waals surface area contributed by atoms with Gasteiger partial charge in [0.05, 0.1) is 16.8 Å². The lowest BCUT2D eigenvalue weighted by molar-refractivity contribution is 0.0697. The number of aryl methyl sites for hydroxylation is 2. The van der Waals surface area contributed by atoms with Crippen LogP contribution in [0.4, 0.5) is 5.69 Å². The van der Waals surface area contributed by atoms with Crippen LogP contribution in [0.2, 0.25) is 0 Å². The molecule has 1 aliphatic rings. The summed E-state index contributed by atoms with van der Waals surface area (Å²) in [4.78, 5) is 15.6. The van der Waals surface area contributed by atoms with E-state index in [1.54, 1.807) is 4.68 Å². The van der Waals surface area contributed by atoms with Crippen LogP contribution in [0.5, 0.6) is 0 Å². The van der Waals surface area contributed by atoms with Crippen LogP contribution in [0.15, 0.2) is 6.20 Å². The molecule has 2 N–H and O–H groups in total. The van der Waals surface area contributed by atoms with Gasteiger partial charge in [-0.2, -0.15) is 5.10 Å². The molecule has 2 aromatic rings. The molecule has 1 aliphatic carbocycles. The molecule has 0 amide bonds. The van der Waals surface area contributed by atoms with Crippen molar-refractivity contribution in [3.05, 3.63) is 17.5 Å². The molecule has 2 aromatic heterocycles. The average molecular weight is 274 g/mol. The van der Waals surface area contributed by atoms with E-state index in [4.69, 9.17) is 0 Å². The van der Waals surface area contributed by atoms with Crippen molar-refractivity contribution in [2.24, 2.45) is 13.0 Å². The molecule has 20 heavy (non-hydrogen) atoms. The SMILES string of the molecule is Cc1nn(C)c2ncc(C(=O)O)c(NCCC3CC3)c12. The second-order valence-corrected chi connectivity index (χ2v) is 5.42. The highest BCUT2D eigenvalue weighted by Crippen LogP contribution is 2.33. The van der Waals surface area contributed by atoms with E-state index in [2.05, 4.69) is 15.4 Å². The summed E-state index contributed by atoms with van der Waals surface area (Å²) in [5.41, 5.74) is 2.37. The first kappa shape index (κ1) is 12.9. The molecular formula is C14H18N4O2. The minimum atomic E-state index is -0.962. The fraction of sp³-hybridized carbons (Fsp3) is 0.500. The highest BCUT2D eigenvalue weighted by Gasteiger charge is 2.22. The zero-order valence-corrected chi connectivity index (χ0v) is 11.7. The maximum absolute atomic E-state index is 11.4. The largest absolute Gasteiger partial charge is 0.478 e. The topological polar surface area (TPSA) is 80.0 Å². The predicted molar refractivity (Wildman–Crippen MR) is 76.0 cm³/mol. The molecule has 106 valence electrons. The van der Waals surface area contributed by atoms with Crippen molar-refractivity contribution in [3.8, 4) is 0 Å². The number of anilines is 1. The second kappa shape index (κ2) is 4.77. The Kier molecular flexibility index (Phi) is 3.08. The lowest BCUT2D eigenvalue weighted by Crippen LogP contribution is -2.10. The molecule has 0 spiro atoms. The number of nitrogens with zero attached hydrogens (tertiary/aromatic N) is 3. The zero-order valence-electron chi connectivity index (χ0n) is 11.7. The fourth-order valence-electron chi connectivity index (χ4n) is 2.57. The Morgan fingerprint density at radius 3 is 2.95 bits per heavy atom. The van der Waals surface area contributed by atoms with Crippen LogP contribution < -0.4 is 5.32 Å². The fourth-order valence-corrected chi connectivity index (χ4v) is 2.57. The van der Waals surface area contributed by atoms with Crippen LogP contribution in [0.25, 0.3) is 11.0 Å². The van der Waals surface area contributed by atoms with Crippen LogP contribution in [0.3, 0.4) is 0 Å². The highest BCUT2D eigenvalue weighted by molar-refractivity contribution is 6.04. The molecule has 0 atom stereocenters. The molecule has 1 fully saturated rings. The van der Waals surface area contributed by atoms with Gasteiger partial charge >= 0.3 is 5.97 Å². The smallest absolute Gasteiger partial charge is 0.339 e. The van der Waals surface area contributed by atoms with Gasteiger partial charge in [-0.25, -0.2) is 9.78 Å². The van der Waals surface area contributed by atoms with Gasteiger partial charge in [0.2, 0.25) is 0 Å². The van der Waals surface area contributed by atoms with Crippen LogP contribution in [0.1, 0.15) is 35.3 Å². The number of carboxylic acids is 1. The summed E-state index contributed by atoms with van der Waals surface area (Å²) in [5.74, 6) is -0.153. The van der Waals surface area contributed by atoms with Gasteiger partial charge in [0.25, 0.3) is 0 Å². The van der Waals surface area contributed by atoms with Gasteiger partial charge in [-0.1, -0.05) is 12.8 Å². The number of aromatic nitrogens is 3. The number of fused-ring (bicyclic) bond motifs is 1. The predicted octanol–water partition coefficient (Wildman–Crippen LogP) is 2.19. The van der Waals surface area contributed by atoms with E-state index in [0.29, 0.717) is 11.3 Å². The van der Waals surface area contributed by atoms with Crippen molar-refractivity contribution < 1.29 is 9.90 Å². The first-order chi connectivity index (χ1) is 9.58. The number of rotatable bonds is 5. The third-order valence-corrected chi connectivity index (χ3v) is 3.81. The number of carboxylic acid groups (broad SMARTS) is 1. The summed E-state index contributed by atoms with van der Waals surface area (Å²) < 4.78 is 1.68. The van der Waals surface area contributed by atoms with E-state index in [1.165, 1.54) is 19.0 Å². The lowest BCUT2D eigenvalue weighted by Gasteiger charge is -2.11. The van der Waals surface area contributed by atoms with E-state index in [9.17, 15) is 9.90 Å². The van der Waals surface area contributed by atoms with Crippen LogP contribution in [-0.4, -0.2) is 32.4 Å². The molecule has 0 aliphatic heterocycles. The third-order valence-electron chi connectivity index (χ3n) is 3.81. The Labute approximate surface area is 116 Å². The molecule has 1 saturated carbocycles. The molecule has 6 nitrogen and oxygen atoms in total. The van der Waals surface area contributed by atoms with E-state index in [-0.39, 0.29) is 5.56 Å². The van der Waals surface area contributed by atoms with Gasteiger partial charge in [-0.05, 0) is 19.3 Å². The van der Waals surface area contributed by atoms with Crippen molar-refractivity contribution in [1.29, 1.82) is 0 Å². The summed E-state index contributed by atoms with van der Waals surface area (Å²) in [6.45, 7) is 2.67. The summed E-state index contributed by atoms with van der Waals surface area (Å²) >= 11 is 0. The van der Waals surface area contributed by atoms with Gasteiger partial charge in [-0.3, -0.25) is 4.68 Å². The van der Waals surface area contributed by atoms with Crippen LogP contribution in [-0.2, 0) is 7.05 Å². The molecule has 0 unspecified atom stereocenters. The van der Waals surface area contributed by atoms with E-state index in [0.717, 1.165) is 30.0 Å². The number of carbonyl (C=O) groups is 1. The Morgan fingerprint density at radius 2 is 2.30 bits per heavy atom. The first-order valence-corrected chi connectivity index (χ1v) is 6.87. The second-order valence-electron chi connectivity index (χ2n) is 5.42. The molecule has 0 aromatic carbocycles. The van der Waals surface area contributed by atoms with Gasteiger partial charge in [0.15, 0.2) is 5.65 Å². The molecule has 6 heteroatoms. The number of aromatic carboxylic acids is 1. The van der Waals surface area contributed by atoms with Gasteiger partial charge < -0.3 is 10.4 Å². The Morgan fingerprint density at radius 1 is 1.55 bits per heavy atom. The Balaban J connectivity index is 2.02. The Bertz CT molecular complexity index is 673. The summed E-state index contributed by atoms with van der Waals surface area (Å²) in [6.07, 6.45) is 5.09. The zero-order chi connectivity index (χ0) is 14.3. The highest BCUT2D eigenvalue weighted by atomic mass is 16.4. The van der Waals surface area contributed by atoms with E-state index < -0.39 is 5.97 Å². The van der Waals surface area contributed by atoms with Crippen molar-refractivity contribution >= 4 is 22.7 Å². The average Bonchev–Trinajstić information content (AvgIpc) is 3.16. The molecule has 2 heterocycles. The van der Waals surface area contributed by atoms with Crippen molar-refractivity contribution in [1.82, 2.24) is 14.8 Å². The summed E-state index contributed by atoms with van der Waals surface area (Å²) in [7, 11) is 1.82. The first-order valence-electron chi connectivity index (χ1n) is 6.87. The van der Waals surface area contributed by atoms with Gasteiger partial charge in [-0.15, -0.1) is 0 Å². The normalized spacial score (nSPS) is 14.7. The van der Waals surface area contributed by atoms with Crippen molar-refractivity contribution in [2.75, 3.05) is 11.9 Å². The summed E-state index contributed by atoms with van der Waals surface area (Å²) in [6, 6.07) is 0. The van der Waals surface area contributed by atoms with E-state index in [1.807, 2.05) is 14.0 Å². The molecular weight excluding hydrogens is 256 g/mol. The quantitative estimate of drug-likeness (QED) is 0.873. The van der Waals surface area contributed by atoms with Gasteiger partial charge in [0.1, 0.15) is 5.56 Å². The minimum Gasteiger partial charge on any atom is -0.478 e. The Hall–Kier alpha value is -2.11. The number of hydrogen-bond acceptors (Lipinski definition) is 4. The number of pyridine rings is 1. The van der Waals surface area contributed by atoms with Crippen LogP contribution in [0, 0.1) is 12.8 Å². The standard InChI is InChI=1S/C14H18N4O2/c1-8-11-12(15-6-5-9-3-4-9)10(14(19)20)7-16-13(11)18(2)17-8/h7,9H,3-6H2,1-2H3,(H,15,16)(H,19,20). The van der Waals surface area contributed by atoms with Crippen LogP contribution >= 0.6 is 0 Å².